The minimum absolute atomic E-state index is 0.00682. The van der Waals surface area contributed by atoms with Crippen LogP contribution in [0.4, 0.5) is 18.9 Å². The van der Waals surface area contributed by atoms with Crippen molar-refractivity contribution in [3.63, 3.8) is 0 Å². The van der Waals surface area contributed by atoms with E-state index in [1.165, 1.54) is 24.3 Å². The van der Waals surface area contributed by atoms with Crippen molar-refractivity contribution in [2.45, 2.75) is 31.1 Å². The van der Waals surface area contributed by atoms with Gasteiger partial charge in [0, 0.05) is 11.8 Å². The molecule has 1 aromatic carbocycles. The summed E-state index contributed by atoms with van der Waals surface area (Å²) < 4.78 is 40.7. The number of aromatic amines is 1. The van der Waals surface area contributed by atoms with Crippen molar-refractivity contribution in [2.24, 2.45) is 0 Å². The summed E-state index contributed by atoms with van der Waals surface area (Å²) in [7, 11) is 0. The average Bonchev–Trinajstić information content (AvgIpc) is 3.01. The number of halogens is 3. The van der Waals surface area contributed by atoms with Gasteiger partial charge in [-0.05, 0) is 18.1 Å². The molecule has 11 heteroatoms. The number of hydrogen-bond acceptors (Lipinski definition) is 5. The Morgan fingerprint density at radius 3 is 2.68 bits per heavy atom. The SMILES string of the molecule is CC(C)c1cc(=O)[nH]c2nnc(SCC(=O)Nc3ccccc3C(F)(F)F)n12. The molecule has 0 unspecified atom stereocenters. The third-order valence-electron chi connectivity index (χ3n) is 3.84. The second kappa shape index (κ2) is 7.66. The van der Waals surface area contributed by atoms with Crippen molar-refractivity contribution in [3.05, 3.63) is 51.9 Å². The lowest BCUT2D eigenvalue weighted by Gasteiger charge is -2.13. The molecular formula is C17H16F3N5O2S. The van der Waals surface area contributed by atoms with E-state index in [4.69, 9.17) is 0 Å². The fraction of sp³-hybridized carbons (Fsp3) is 0.294. The van der Waals surface area contributed by atoms with Crippen LogP contribution >= 0.6 is 11.8 Å². The maximum Gasteiger partial charge on any atom is 0.418 e. The number of fused-ring (bicyclic) bond motifs is 1. The summed E-state index contributed by atoms with van der Waals surface area (Å²) in [6.07, 6.45) is -4.57. The van der Waals surface area contributed by atoms with Gasteiger partial charge in [0.15, 0.2) is 5.16 Å². The Morgan fingerprint density at radius 2 is 2.00 bits per heavy atom. The zero-order valence-corrected chi connectivity index (χ0v) is 15.7. The quantitative estimate of drug-likeness (QED) is 0.629. The Balaban J connectivity index is 1.79. The lowest BCUT2D eigenvalue weighted by atomic mass is 10.1. The van der Waals surface area contributed by atoms with Gasteiger partial charge in [-0.3, -0.25) is 19.0 Å². The number of carbonyl (C=O) groups is 1. The zero-order chi connectivity index (χ0) is 20.5. The molecule has 2 heterocycles. The fourth-order valence-electron chi connectivity index (χ4n) is 2.60. The molecule has 0 spiro atoms. The molecule has 148 valence electrons. The zero-order valence-electron chi connectivity index (χ0n) is 14.9. The number of thioether (sulfide) groups is 1. The van der Waals surface area contributed by atoms with E-state index in [1.807, 2.05) is 13.8 Å². The molecule has 0 atom stereocenters. The summed E-state index contributed by atoms with van der Waals surface area (Å²) in [5.41, 5.74) is -0.879. The number of benzene rings is 1. The van der Waals surface area contributed by atoms with Crippen molar-refractivity contribution in [3.8, 4) is 0 Å². The van der Waals surface area contributed by atoms with Gasteiger partial charge in [-0.15, -0.1) is 10.2 Å². The molecule has 3 aromatic rings. The Hall–Kier alpha value is -2.82. The van der Waals surface area contributed by atoms with E-state index in [9.17, 15) is 22.8 Å². The molecule has 0 aliphatic heterocycles. The number of H-pyrrole nitrogens is 1. The van der Waals surface area contributed by atoms with Gasteiger partial charge in [-0.25, -0.2) is 0 Å². The van der Waals surface area contributed by atoms with Gasteiger partial charge in [0.2, 0.25) is 11.7 Å². The largest absolute Gasteiger partial charge is 0.418 e. The molecule has 0 bridgehead atoms. The molecule has 0 fully saturated rings. The van der Waals surface area contributed by atoms with Crippen LogP contribution in [0.5, 0.6) is 0 Å². The second-order valence-corrected chi connectivity index (χ2v) is 7.18. The maximum absolute atomic E-state index is 13.0. The number of amides is 1. The van der Waals surface area contributed by atoms with Crippen LogP contribution in [-0.4, -0.2) is 31.2 Å². The maximum atomic E-state index is 13.0. The second-order valence-electron chi connectivity index (χ2n) is 6.23. The van der Waals surface area contributed by atoms with E-state index in [2.05, 4.69) is 20.5 Å². The normalized spacial score (nSPS) is 11.9. The average molecular weight is 411 g/mol. The van der Waals surface area contributed by atoms with Crippen molar-refractivity contribution >= 4 is 29.1 Å². The number of rotatable bonds is 5. The third kappa shape index (κ3) is 4.19. The van der Waals surface area contributed by atoms with Gasteiger partial charge in [0.05, 0.1) is 17.0 Å². The molecule has 0 radical (unpaired) electrons. The van der Waals surface area contributed by atoms with E-state index >= 15 is 0 Å². The van der Waals surface area contributed by atoms with E-state index in [1.54, 1.807) is 4.40 Å². The molecule has 0 saturated carbocycles. The van der Waals surface area contributed by atoms with Crippen LogP contribution in [0.1, 0.15) is 31.0 Å². The van der Waals surface area contributed by atoms with E-state index in [-0.39, 0.29) is 28.7 Å². The summed E-state index contributed by atoms with van der Waals surface area (Å²) in [5, 5.41) is 10.5. The molecular weight excluding hydrogens is 395 g/mol. The Kier molecular flexibility index (Phi) is 5.45. The number of para-hydroxylation sites is 1. The molecule has 1 amide bonds. The predicted octanol–water partition coefficient (Wildman–Crippen LogP) is 3.29. The first-order valence-electron chi connectivity index (χ1n) is 8.24. The van der Waals surface area contributed by atoms with Crippen LogP contribution in [0, 0.1) is 0 Å². The molecule has 2 N–H and O–H groups in total. The van der Waals surface area contributed by atoms with E-state index in [0.29, 0.717) is 10.9 Å². The first-order valence-corrected chi connectivity index (χ1v) is 9.22. The predicted molar refractivity (Wildman–Crippen MR) is 98.5 cm³/mol. The first-order chi connectivity index (χ1) is 13.2. The highest BCUT2D eigenvalue weighted by molar-refractivity contribution is 7.99. The van der Waals surface area contributed by atoms with Crippen LogP contribution < -0.4 is 10.9 Å². The molecule has 0 aliphatic carbocycles. The van der Waals surface area contributed by atoms with E-state index < -0.39 is 17.6 Å². The van der Waals surface area contributed by atoms with Crippen LogP contribution in [-0.2, 0) is 11.0 Å². The van der Waals surface area contributed by atoms with Crippen LogP contribution in [0.2, 0.25) is 0 Å². The number of nitrogens with one attached hydrogen (secondary N) is 2. The van der Waals surface area contributed by atoms with Crippen LogP contribution in [0.25, 0.3) is 5.78 Å². The van der Waals surface area contributed by atoms with Crippen molar-refractivity contribution in [2.75, 3.05) is 11.1 Å². The smallest absolute Gasteiger partial charge is 0.325 e. The molecule has 3 rings (SSSR count). The highest BCUT2D eigenvalue weighted by Crippen LogP contribution is 2.34. The van der Waals surface area contributed by atoms with E-state index in [0.717, 1.165) is 17.8 Å². The molecule has 28 heavy (non-hydrogen) atoms. The Morgan fingerprint density at radius 1 is 1.29 bits per heavy atom. The third-order valence-corrected chi connectivity index (χ3v) is 4.76. The number of carbonyl (C=O) groups excluding carboxylic acids is 1. The van der Waals surface area contributed by atoms with Crippen molar-refractivity contribution in [1.82, 2.24) is 19.6 Å². The van der Waals surface area contributed by atoms with Crippen molar-refractivity contribution in [1.29, 1.82) is 0 Å². The highest BCUT2D eigenvalue weighted by atomic mass is 32.2. The number of nitrogens with zero attached hydrogens (tertiary/aromatic N) is 3. The van der Waals surface area contributed by atoms with Crippen LogP contribution in [0.15, 0.2) is 40.3 Å². The van der Waals surface area contributed by atoms with Crippen molar-refractivity contribution < 1.29 is 18.0 Å². The van der Waals surface area contributed by atoms with Gasteiger partial charge in [0.25, 0.3) is 5.56 Å². The summed E-state index contributed by atoms with van der Waals surface area (Å²) in [6, 6.07) is 6.18. The summed E-state index contributed by atoms with van der Waals surface area (Å²) in [4.78, 5) is 26.4. The molecule has 7 nitrogen and oxygen atoms in total. The van der Waals surface area contributed by atoms with Gasteiger partial charge in [-0.1, -0.05) is 37.7 Å². The highest BCUT2D eigenvalue weighted by Gasteiger charge is 2.33. The summed E-state index contributed by atoms with van der Waals surface area (Å²) >= 11 is 1.01. The van der Waals surface area contributed by atoms with Gasteiger partial charge >= 0.3 is 6.18 Å². The summed E-state index contributed by atoms with van der Waals surface area (Å²) in [5.74, 6) is -0.563. The van der Waals surface area contributed by atoms with Gasteiger partial charge < -0.3 is 5.32 Å². The Labute approximate surface area is 161 Å². The molecule has 0 aliphatic rings. The summed E-state index contributed by atoms with van der Waals surface area (Å²) in [6.45, 7) is 3.78. The lowest BCUT2D eigenvalue weighted by Crippen LogP contribution is -2.18. The molecule has 0 saturated heterocycles. The number of alkyl halides is 3. The van der Waals surface area contributed by atoms with Gasteiger partial charge in [-0.2, -0.15) is 13.2 Å². The number of anilines is 1. The van der Waals surface area contributed by atoms with Crippen LogP contribution in [0.3, 0.4) is 0 Å². The number of hydrogen-bond donors (Lipinski definition) is 2. The minimum atomic E-state index is -4.57. The standard InChI is InChI=1S/C17H16F3N5O2S/c1-9(2)12-7-13(26)22-15-23-24-16(25(12)15)28-8-14(27)21-11-6-4-3-5-10(11)17(18,19)20/h3-7,9H,8H2,1-2H3,(H,21,27)(H,22,23,26). The lowest BCUT2D eigenvalue weighted by molar-refractivity contribution is -0.137. The molecule has 2 aromatic heterocycles. The topological polar surface area (TPSA) is 92.2 Å². The van der Waals surface area contributed by atoms with Gasteiger partial charge in [0.1, 0.15) is 0 Å². The first kappa shape index (κ1) is 19.9. The fourth-order valence-corrected chi connectivity index (χ4v) is 3.35. The number of aromatic nitrogens is 4. The minimum Gasteiger partial charge on any atom is -0.325 e. The Bertz CT molecular complexity index is 1070. The monoisotopic (exact) mass is 411 g/mol.